The van der Waals surface area contributed by atoms with Crippen molar-refractivity contribution in [3.05, 3.63) is 0 Å². The van der Waals surface area contributed by atoms with E-state index < -0.39 is 0 Å². The van der Waals surface area contributed by atoms with E-state index in [0.717, 1.165) is 30.0 Å². The van der Waals surface area contributed by atoms with Crippen LogP contribution < -0.4 is 0 Å². The van der Waals surface area contributed by atoms with Gasteiger partial charge in [-0.25, -0.2) is 0 Å². The van der Waals surface area contributed by atoms with E-state index in [4.69, 9.17) is 0 Å². The first kappa shape index (κ1) is 35.4. The monoisotopic (exact) mass is 572 g/mol. The molecule has 0 aliphatic heterocycles. The first-order chi connectivity index (χ1) is 19.8. The van der Waals surface area contributed by atoms with Gasteiger partial charge in [-0.15, -0.1) is 0 Å². The molecule has 3 saturated carbocycles. The molecule has 1 nitrogen and oxygen atoms in total. The summed E-state index contributed by atoms with van der Waals surface area (Å²) in [7, 11) is 0. The van der Waals surface area contributed by atoms with Gasteiger partial charge in [-0.2, -0.15) is 0 Å². The fourth-order valence-electron chi connectivity index (χ4n) is 9.38. The van der Waals surface area contributed by atoms with Crippen molar-refractivity contribution in [2.24, 2.45) is 22.7 Å². The molecule has 0 heterocycles. The molecule has 0 N–H and O–H groups in total. The van der Waals surface area contributed by atoms with Crippen molar-refractivity contribution in [2.75, 3.05) is 0 Å². The van der Waals surface area contributed by atoms with Gasteiger partial charge in [0, 0.05) is 18.1 Å². The van der Waals surface area contributed by atoms with Gasteiger partial charge in [0.1, 0.15) is 0 Å². The van der Waals surface area contributed by atoms with Gasteiger partial charge in [0.25, 0.3) is 0 Å². The van der Waals surface area contributed by atoms with Crippen LogP contribution >= 0.6 is 0 Å². The largest absolute Gasteiger partial charge is 0.294 e. The molecule has 3 fully saturated rings. The van der Waals surface area contributed by atoms with Crippen LogP contribution in [0.2, 0.25) is 0 Å². The maximum Gasteiger partial charge on any atom is 0.0101 e. The van der Waals surface area contributed by atoms with Crippen LogP contribution in [0.3, 0.4) is 0 Å². The summed E-state index contributed by atoms with van der Waals surface area (Å²) in [6.45, 7) is 15.1. The third kappa shape index (κ3) is 11.8. The first-order valence-electron chi connectivity index (χ1n) is 19.6. The molecule has 0 spiro atoms. The molecule has 1 heteroatoms. The second kappa shape index (κ2) is 18.7. The summed E-state index contributed by atoms with van der Waals surface area (Å²) in [5, 5.41) is 0. The highest BCUT2D eigenvalue weighted by molar-refractivity contribution is 4.88. The van der Waals surface area contributed by atoms with E-state index >= 15 is 0 Å². The summed E-state index contributed by atoms with van der Waals surface area (Å²) < 4.78 is 0. The topological polar surface area (TPSA) is 3.24 Å². The van der Waals surface area contributed by atoms with Crippen molar-refractivity contribution in [1.82, 2.24) is 4.90 Å². The van der Waals surface area contributed by atoms with Gasteiger partial charge in [0.05, 0.1) is 0 Å². The van der Waals surface area contributed by atoms with Gasteiger partial charge in [0.15, 0.2) is 0 Å². The third-order valence-electron chi connectivity index (χ3n) is 13.2. The molecule has 41 heavy (non-hydrogen) atoms. The molecule has 0 aromatic rings. The average molecular weight is 572 g/mol. The molecule has 3 aliphatic carbocycles. The smallest absolute Gasteiger partial charge is 0.0101 e. The van der Waals surface area contributed by atoms with Crippen LogP contribution in [0.1, 0.15) is 215 Å². The van der Waals surface area contributed by atoms with Crippen molar-refractivity contribution in [1.29, 1.82) is 0 Å². The van der Waals surface area contributed by atoms with Crippen LogP contribution in [0.4, 0.5) is 0 Å². The maximum atomic E-state index is 3.29. The Morgan fingerprint density at radius 2 is 0.585 bits per heavy atom. The normalized spacial score (nSPS) is 30.5. The summed E-state index contributed by atoms with van der Waals surface area (Å²) in [6, 6.07) is 2.59. The van der Waals surface area contributed by atoms with Gasteiger partial charge in [-0.3, -0.25) is 4.90 Å². The average Bonchev–Trinajstić information content (AvgIpc) is 3.03. The Balaban J connectivity index is 1.75. The molecule has 0 amide bonds. The van der Waals surface area contributed by atoms with Gasteiger partial charge >= 0.3 is 0 Å². The molecular weight excluding hydrogens is 494 g/mol. The Hall–Kier alpha value is -0.0400. The molecule has 0 bridgehead atoms. The summed E-state index contributed by atoms with van der Waals surface area (Å²) in [4.78, 5) is 3.29. The summed E-state index contributed by atoms with van der Waals surface area (Å²) in [5.41, 5.74) is 1.05. The summed E-state index contributed by atoms with van der Waals surface area (Å²) >= 11 is 0. The van der Waals surface area contributed by atoms with Crippen molar-refractivity contribution in [3.8, 4) is 0 Å². The highest BCUT2D eigenvalue weighted by atomic mass is 15.2. The molecule has 3 rings (SSSR count). The van der Waals surface area contributed by atoms with Crippen LogP contribution in [0.15, 0.2) is 0 Å². The number of rotatable bonds is 7. The second-order valence-corrected chi connectivity index (χ2v) is 16.7. The molecule has 242 valence electrons. The van der Waals surface area contributed by atoms with E-state index in [1.54, 1.807) is 0 Å². The number of hydrogen-bond donors (Lipinski definition) is 0. The van der Waals surface area contributed by atoms with E-state index in [-0.39, 0.29) is 0 Å². The van der Waals surface area contributed by atoms with Crippen LogP contribution in [0.25, 0.3) is 0 Å². The second-order valence-electron chi connectivity index (χ2n) is 16.7. The Kier molecular flexibility index (Phi) is 16.2. The highest BCUT2D eigenvalue weighted by Gasteiger charge is 2.34. The fraction of sp³-hybridized carbons (Fsp3) is 1.00. The van der Waals surface area contributed by atoms with Crippen molar-refractivity contribution in [3.63, 3.8) is 0 Å². The van der Waals surface area contributed by atoms with Crippen molar-refractivity contribution >= 4 is 0 Å². The SMILES string of the molecule is CCC(C)(C)C1CCCCCC(N(C2CCCCCCC2)C2CCCCCC(C(C)(C)CC)CCCC2)CCCC1. The highest BCUT2D eigenvalue weighted by Crippen LogP contribution is 2.41. The zero-order valence-electron chi connectivity index (χ0n) is 29.4. The first-order valence-corrected chi connectivity index (χ1v) is 19.6. The minimum absolute atomic E-state index is 0.526. The Morgan fingerprint density at radius 3 is 0.902 bits per heavy atom. The molecule has 3 aliphatic rings. The van der Waals surface area contributed by atoms with E-state index in [0.29, 0.717) is 10.8 Å². The van der Waals surface area contributed by atoms with Crippen LogP contribution in [0, 0.1) is 22.7 Å². The Labute approximate surface area is 260 Å². The molecule has 0 aromatic heterocycles. The predicted octanol–water partition coefficient (Wildman–Crippen LogP) is 13.3. The standard InChI is InChI=1S/C40H77N/c1-7-39(3,4)34-24-14-12-18-30-37(32-22-20-26-34)41(36-28-16-10-9-11-17-29-36)38-31-19-13-15-25-35(27-21-23-33-38)40(5,6)8-2/h34-38H,7-33H2,1-6H3. The Morgan fingerprint density at radius 1 is 0.366 bits per heavy atom. The lowest BCUT2D eigenvalue weighted by Gasteiger charge is -2.45. The molecule has 0 aromatic carbocycles. The van der Waals surface area contributed by atoms with Crippen molar-refractivity contribution < 1.29 is 0 Å². The minimum Gasteiger partial charge on any atom is -0.294 e. The van der Waals surface area contributed by atoms with Gasteiger partial charge in [0.2, 0.25) is 0 Å². The number of hydrogen-bond acceptors (Lipinski definition) is 1. The number of nitrogens with zero attached hydrogens (tertiary/aromatic N) is 1. The van der Waals surface area contributed by atoms with Crippen molar-refractivity contribution in [2.45, 2.75) is 233 Å². The van der Waals surface area contributed by atoms with Gasteiger partial charge < -0.3 is 0 Å². The molecule has 4 atom stereocenters. The molecule has 0 saturated heterocycles. The van der Waals surface area contributed by atoms with Crippen LogP contribution in [-0.2, 0) is 0 Å². The third-order valence-corrected chi connectivity index (χ3v) is 13.2. The van der Waals surface area contributed by atoms with E-state index in [2.05, 4.69) is 46.4 Å². The fourth-order valence-corrected chi connectivity index (χ4v) is 9.38. The van der Waals surface area contributed by atoms with Gasteiger partial charge in [-0.05, 0) is 86.9 Å². The Bertz CT molecular complexity index is 610. The van der Waals surface area contributed by atoms with Crippen LogP contribution in [0.5, 0.6) is 0 Å². The zero-order valence-corrected chi connectivity index (χ0v) is 29.4. The zero-order chi connectivity index (χ0) is 29.6. The van der Waals surface area contributed by atoms with E-state index in [1.165, 1.54) is 173 Å². The maximum absolute atomic E-state index is 3.29. The lowest BCUT2D eigenvalue weighted by atomic mass is 9.72. The van der Waals surface area contributed by atoms with Gasteiger partial charge in [-0.1, -0.05) is 151 Å². The molecule has 0 radical (unpaired) electrons. The molecular formula is C40H77N. The predicted molar refractivity (Wildman–Crippen MR) is 184 cm³/mol. The summed E-state index contributed by atoms with van der Waals surface area (Å²) in [6.07, 6.45) is 39.8. The van der Waals surface area contributed by atoms with E-state index in [9.17, 15) is 0 Å². The lowest BCUT2D eigenvalue weighted by Crippen LogP contribution is -2.50. The lowest BCUT2D eigenvalue weighted by molar-refractivity contribution is 0.0391. The molecule has 4 unspecified atom stereocenters. The minimum atomic E-state index is 0.526. The van der Waals surface area contributed by atoms with E-state index in [1.807, 2.05) is 0 Å². The quantitative estimate of drug-likeness (QED) is 0.294. The van der Waals surface area contributed by atoms with Crippen LogP contribution in [-0.4, -0.2) is 23.0 Å². The summed E-state index contributed by atoms with van der Waals surface area (Å²) in [5.74, 6) is 1.88.